The van der Waals surface area contributed by atoms with Crippen LogP contribution in [-0.4, -0.2) is 32.3 Å². The fourth-order valence-corrected chi connectivity index (χ4v) is 3.41. The fourth-order valence-electron chi connectivity index (χ4n) is 1.82. The molecule has 1 atom stereocenters. The molecule has 6 nitrogen and oxygen atoms in total. The molecule has 0 aliphatic rings. The van der Waals surface area contributed by atoms with Gasteiger partial charge in [-0.3, -0.25) is 9.59 Å². The van der Waals surface area contributed by atoms with Gasteiger partial charge in [0.2, 0.25) is 10.9 Å². The molecule has 2 aromatic heterocycles. The van der Waals surface area contributed by atoms with Crippen molar-refractivity contribution in [2.45, 2.75) is 45.9 Å². The summed E-state index contributed by atoms with van der Waals surface area (Å²) < 4.78 is 1.34. The quantitative estimate of drug-likeness (QED) is 0.824. The number of nitrogens with zero attached hydrogens (tertiary/aromatic N) is 3. The third-order valence-corrected chi connectivity index (χ3v) is 5.53. The minimum absolute atomic E-state index is 0.0139. The van der Waals surface area contributed by atoms with Crippen LogP contribution >= 0.6 is 23.1 Å². The minimum atomic E-state index is -0.167. The number of fused-ring (bicyclic) bond motifs is 1. The van der Waals surface area contributed by atoms with Gasteiger partial charge in [0, 0.05) is 17.9 Å². The first-order valence-corrected chi connectivity index (χ1v) is 9.63. The second-order valence-corrected chi connectivity index (χ2v) is 7.75. The van der Waals surface area contributed by atoms with Gasteiger partial charge in [-0.1, -0.05) is 32.1 Å². The van der Waals surface area contributed by atoms with E-state index in [1.807, 2.05) is 13.8 Å². The Morgan fingerprint density at radius 1 is 1.43 bits per heavy atom. The van der Waals surface area contributed by atoms with Crippen molar-refractivity contribution in [3.63, 3.8) is 0 Å². The highest BCUT2D eigenvalue weighted by Crippen LogP contribution is 2.14. The fraction of sp³-hybridized carbons (Fsp3) is 0.600. The summed E-state index contributed by atoms with van der Waals surface area (Å²) in [6, 6.07) is 1.65. The lowest BCUT2D eigenvalue weighted by molar-refractivity contribution is -0.119. The number of hydrogen-bond donors (Lipinski definition) is 1. The maximum absolute atomic E-state index is 12.0. The monoisotopic (exact) mass is 354 g/mol. The lowest BCUT2D eigenvalue weighted by Crippen LogP contribution is -2.37. The van der Waals surface area contributed by atoms with Gasteiger partial charge in [-0.05, 0) is 19.3 Å². The van der Waals surface area contributed by atoms with Gasteiger partial charge in [0.1, 0.15) is 5.01 Å². The molecule has 0 saturated carbocycles. The van der Waals surface area contributed by atoms with E-state index in [-0.39, 0.29) is 17.5 Å². The molecule has 0 bridgehead atoms. The lowest BCUT2D eigenvalue weighted by Gasteiger charge is -2.17. The highest BCUT2D eigenvalue weighted by molar-refractivity contribution is 7.99. The molecular weight excluding hydrogens is 332 g/mol. The van der Waals surface area contributed by atoms with E-state index in [0.29, 0.717) is 28.1 Å². The second kappa shape index (κ2) is 7.92. The summed E-state index contributed by atoms with van der Waals surface area (Å²) in [5, 5.41) is 8.07. The molecule has 2 rings (SSSR count). The van der Waals surface area contributed by atoms with Gasteiger partial charge in [0.05, 0.1) is 11.4 Å². The van der Waals surface area contributed by atoms with Gasteiger partial charge in [-0.25, -0.2) is 4.98 Å². The van der Waals surface area contributed by atoms with Crippen molar-refractivity contribution in [1.29, 1.82) is 0 Å². The smallest absolute Gasteiger partial charge is 0.275 e. The van der Waals surface area contributed by atoms with Crippen LogP contribution in [0.2, 0.25) is 0 Å². The number of aryl methyl sites for hydroxylation is 1. The topological polar surface area (TPSA) is 76.4 Å². The van der Waals surface area contributed by atoms with Crippen LogP contribution in [0.3, 0.4) is 0 Å². The predicted molar refractivity (Wildman–Crippen MR) is 95.1 cm³/mol. The van der Waals surface area contributed by atoms with Crippen molar-refractivity contribution in [3.05, 3.63) is 27.1 Å². The molecule has 8 heteroatoms. The second-order valence-electron chi connectivity index (χ2n) is 5.72. The zero-order chi connectivity index (χ0) is 17.0. The van der Waals surface area contributed by atoms with Crippen LogP contribution in [0.4, 0.5) is 0 Å². The number of nitrogens with one attached hydrogen (secondary N) is 1. The molecule has 126 valence electrons. The Hall–Kier alpha value is -1.41. The predicted octanol–water partition coefficient (Wildman–Crippen LogP) is 2.11. The molecule has 0 aromatic carbocycles. The summed E-state index contributed by atoms with van der Waals surface area (Å²) in [6.07, 6.45) is 0.783. The Balaban J connectivity index is 1.94. The van der Waals surface area contributed by atoms with Gasteiger partial charge < -0.3 is 5.32 Å². The molecule has 1 amide bonds. The van der Waals surface area contributed by atoms with Crippen LogP contribution < -0.4 is 10.9 Å². The highest BCUT2D eigenvalue weighted by Gasteiger charge is 2.12. The summed E-state index contributed by atoms with van der Waals surface area (Å²) in [5.41, 5.74) is 0.524. The summed E-state index contributed by atoms with van der Waals surface area (Å²) in [4.78, 5) is 28.9. The van der Waals surface area contributed by atoms with E-state index < -0.39 is 0 Å². The van der Waals surface area contributed by atoms with E-state index in [0.717, 1.165) is 11.4 Å². The zero-order valence-electron chi connectivity index (χ0n) is 13.8. The summed E-state index contributed by atoms with van der Waals surface area (Å²) in [7, 11) is 0. The molecule has 0 spiro atoms. The Morgan fingerprint density at radius 3 is 2.83 bits per heavy atom. The van der Waals surface area contributed by atoms with Crippen molar-refractivity contribution in [3.8, 4) is 0 Å². The molecule has 0 aliphatic heterocycles. The Bertz CT molecular complexity index is 739. The molecule has 0 unspecified atom stereocenters. The highest BCUT2D eigenvalue weighted by atomic mass is 32.2. The first kappa shape index (κ1) is 17.9. The van der Waals surface area contributed by atoms with Gasteiger partial charge in [-0.15, -0.1) is 11.8 Å². The normalized spacial score (nSPS) is 12.7. The van der Waals surface area contributed by atoms with Gasteiger partial charge >= 0.3 is 0 Å². The average molecular weight is 355 g/mol. The first-order chi connectivity index (χ1) is 10.9. The molecule has 0 fully saturated rings. The number of carbonyl (C=O) groups excluding carboxylic acids is 1. The molecule has 0 aliphatic carbocycles. The third-order valence-electron chi connectivity index (χ3n) is 3.51. The average Bonchev–Trinajstić information content (AvgIpc) is 2.90. The van der Waals surface area contributed by atoms with E-state index in [4.69, 9.17) is 0 Å². The van der Waals surface area contributed by atoms with E-state index in [1.54, 1.807) is 0 Å². The molecule has 1 N–H and O–H groups in total. The molecule has 2 heterocycles. The van der Waals surface area contributed by atoms with Crippen molar-refractivity contribution in [1.82, 2.24) is 19.9 Å². The molecule has 2 aromatic rings. The van der Waals surface area contributed by atoms with Crippen LogP contribution in [-0.2, 0) is 17.0 Å². The van der Waals surface area contributed by atoms with Crippen LogP contribution in [0.15, 0.2) is 10.9 Å². The van der Waals surface area contributed by atoms with Crippen LogP contribution in [0.25, 0.3) is 4.96 Å². The number of amides is 1. The van der Waals surface area contributed by atoms with Crippen molar-refractivity contribution in [2.24, 2.45) is 5.92 Å². The maximum Gasteiger partial charge on any atom is 0.275 e. The number of rotatable bonds is 7. The van der Waals surface area contributed by atoms with E-state index in [9.17, 15) is 9.59 Å². The summed E-state index contributed by atoms with van der Waals surface area (Å²) in [6.45, 7) is 8.14. The van der Waals surface area contributed by atoms with Crippen LogP contribution in [0.1, 0.15) is 38.4 Å². The largest absolute Gasteiger partial charge is 0.353 e. The van der Waals surface area contributed by atoms with Crippen LogP contribution in [0.5, 0.6) is 0 Å². The summed E-state index contributed by atoms with van der Waals surface area (Å²) >= 11 is 2.89. The number of carbonyl (C=O) groups is 1. The molecular formula is C15H22N4O2S2. The first-order valence-electron chi connectivity index (χ1n) is 7.66. The molecule has 0 saturated heterocycles. The maximum atomic E-state index is 12.0. The standard InChI is InChI=1S/C15H22N4O2S2/c1-5-13-18-19-14(21)6-11(17-15(19)23-13)7-22-8-12(20)16-10(4)9(2)3/h6,9-10H,5,7-8H2,1-4H3,(H,16,20)/t10-/m1/s1. The number of thioether (sulfide) groups is 1. The van der Waals surface area contributed by atoms with E-state index >= 15 is 0 Å². The Labute approximate surface area is 143 Å². The summed E-state index contributed by atoms with van der Waals surface area (Å²) in [5.74, 6) is 1.32. The number of hydrogen-bond acceptors (Lipinski definition) is 6. The van der Waals surface area contributed by atoms with Gasteiger partial charge in [0.25, 0.3) is 5.56 Å². The molecule has 0 radical (unpaired) electrons. The Morgan fingerprint density at radius 2 is 2.17 bits per heavy atom. The SMILES string of the molecule is CCc1nn2c(=O)cc(CSCC(=O)N[C@H](C)C(C)C)nc2s1. The minimum Gasteiger partial charge on any atom is -0.353 e. The number of aromatic nitrogens is 3. The van der Waals surface area contributed by atoms with Gasteiger partial charge in [-0.2, -0.15) is 9.61 Å². The van der Waals surface area contributed by atoms with Crippen LogP contribution in [0, 0.1) is 5.92 Å². The van der Waals surface area contributed by atoms with Crippen molar-refractivity contribution < 1.29 is 4.79 Å². The lowest BCUT2D eigenvalue weighted by atomic mass is 10.1. The van der Waals surface area contributed by atoms with E-state index in [1.165, 1.54) is 33.7 Å². The zero-order valence-corrected chi connectivity index (χ0v) is 15.5. The van der Waals surface area contributed by atoms with Crippen molar-refractivity contribution in [2.75, 3.05) is 5.75 Å². The van der Waals surface area contributed by atoms with Gasteiger partial charge in [0.15, 0.2) is 0 Å². The Kier molecular flexibility index (Phi) is 6.17. The van der Waals surface area contributed by atoms with E-state index in [2.05, 4.69) is 29.2 Å². The third kappa shape index (κ3) is 4.78. The molecule has 23 heavy (non-hydrogen) atoms. The van der Waals surface area contributed by atoms with Crippen molar-refractivity contribution >= 4 is 34.0 Å².